The van der Waals surface area contributed by atoms with Crippen molar-refractivity contribution in [3.05, 3.63) is 71.4 Å². The molecule has 3 N–H and O–H groups in total. The van der Waals surface area contributed by atoms with Crippen LogP contribution in [0.15, 0.2) is 54.7 Å². The number of hydrogen-bond acceptors (Lipinski definition) is 2. The molecule has 1 unspecified atom stereocenters. The standard InChI is InChI=1S/C20H22N2O2/c1-14-6-5-9-17-16(13-22-20(14)17)12-19(24)21-11-10-18(23)15-7-3-2-4-8-15/h2-9,13,18,22-23H,10-12H2,1H3,(H,21,24). The summed E-state index contributed by atoms with van der Waals surface area (Å²) < 4.78 is 0. The first-order valence-electron chi connectivity index (χ1n) is 8.20. The average Bonchev–Trinajstić information content (AvgIpc) is 3.00. The molecule has 0 saturated heterocycles. The predicted octanol–water partition coefficient (Wildman–Crippen LogP) is 3.26. The maximum atomic E-state index is 12.2. The van der Waals surface area contributed by atoms with Crippen LogP contribution in [0.25, 0.3) is 10.9 Å². The summed E-state index contributed by atoms with van der Waals surface area (Å²) in [4.78, 5) is 15.4. The summed E-state index contributed by atoms with van der Waals surface area (Å²) in [6, 6.07) is 15.6. The second kappa shape index (κ2) is 7.32. The molecule has 2 aromatic carbocycles. The third kappa shape index (κ3) is 3.66. The molecule has 0 bridgehead atoms. The van der Waals surface area contributed by atoms with Crippen molar-refractivity contribution in [2.45, 2.75) is 25.9 Å². The quantitative estimate of drug-likeness (QED) is 0.652. The van der Waals surface area contributed by atoms with Crippen LogP contribution in [0.5, 0.6) is 0 Å². The van der Waals surface area contributed by atoms with Crippen molar-refractivity contribution in [1.29, 1.82) is 0 Å². The molecule has 24 heavy (non-hydrogen) atoms. The monoisotopic (exact) mass is 322 g/mol. The van der Waals surface area contributed by atoms with Gasteiger partial charge < -0.3 is 15.4 Å². The van der Waals surface area contributed by atoms with Gasteiger partial charge in [0.05, 0.1) is 12.5 Å². The van der Waals surface area contributed by atoms with Crippen molar-refractivity contribution in [1.82, 2.24) is 10.3 Å². The van der Waals surface area contributed by atoms with Gasteiger partial charge in [-0.1, -0.05) is 48.5 Å². The number of amides is 1. The van der Waals surface area contributed by atoms with E-state index in [0.29, 0.717) is 19.4 Å². The average molecular weight is 322 g/mol. The van der Waals surface area contributed by atoms with Crippen molar-refractivity contribution >= 4 is 16.8 Å². The summed E-state index contributed by atoms with van der Waals surface area (Å²) >= 11 is 0. The Morgan fingerprint density at radius 1 is 1.17 bits per heavy atom. The molecule has 0 fully saturated rings. The molecule has 0 aliphatic rings. The van der Waals surface area contributed by atoms with Gasteiger partial charge in [-0.3, -0.25) is 4.79 Å². The molecular formula is C20H22N2O2. The Balaban J connectivity index is 1.53. The molecule has 0 spiro atoms. The van der Waals surface area contributed by atoms with E-state index >= 15 is 0 Å². The molecule has 3 aromatic rings. The molecule has 3 rings (SSSR count). The number of aliphatic hydroxyl groups excluding tert-OH is 1. The van der Waals surface area contributed by atoms with Crippen LogP contribution in [-0.4, -0.2) is 22.5 Å². The highest BCUT2D eigenvalue weighted by Gasteiger charge is 2.11. The van der Waals surface area contributed by atoms with E-state index in [0.717, 1.165) is 22.0 Å². The first-order chi connectivity index (χ1) is 11.6. The van der Waals surface area contributed by atoms with Crippen molar-refractivity contribution in [3.8, 4) is 0 Å². The molecular weight excluding hydrogens is 300 g/mol. The Morgan fingerprint density at radius 2 is 1.96 bits per heavy atom. The van der Waals surface area contributed by atoms with Gasteiger partial charge in [0.15, 0.2) is 0 Å². The highest BCUT2D eigenvalue weighted by Crippen LogP contribution is 2.21. The largest absolute Gasteiger partial charge is 0.388 e. The zero-order valence-corrected chi connectivity index (χ0v) is 13.8. The number of para-hydroxylation sites is 1. The zero-order chi connectivity index (χ0) is 16.9. The minimum atomic E-state index is -0.553. The van der Waals surface area contributed by atoms with Gasteiger partial charge in [-0.25, -0.2) is 0 Å². The SMILES string of the molecule is Cc1cccc2c(CC(=O)NCCC(O)c3ccccc3)c[nH]c12. The van der Waals surface area contributed by atoms with E-state index < -0.39 is 6.10 Å². The fraction of sp³-hybridized carbons (Fsp3) is 0.250. The van der Waals surface area contributed by atoms with Crippen LogP contribution < -0.4 is 5.32 Å². The van der Waals surface area contributed by atoms with Gasteiger partial charge in [-0.15, -0.1) is 0 Å². The van der Waals surface area contributed by atoms with E-state index in [1.807, 2.05) is 61.7 Å². The van der Waals surface area contributed by atoms with Crippen LogP contribution in [0.2, 0.25) is 0 Å². The number of aryl methyl sites for hydroxylation is 1. The number of H-pyrrole nitrogens is 1. The minimum absolute atomic E-state index is 0.0299. The fourth-order valence-electron chi connectivity index (χ4n) is 2.94. The molecule has 1 amide bonds. The Hall–Kier alpha value is -2.59. The topological polar surface area (TPSA) is 65.1 Å². The highest BCUT2D eigenvalue weighted by molar-refractivity contribution is 5.90. The molecule has 0 aliphatic heterocycles. The van der Waals surface area contributed by atoms with E-state index in [4.69, 9.17) is 0 Å². The van der Waals surface area contributed by atoms with E-state index in [1.165, 1.54) is 5.56 Å². The third-order valence-electron chi connectivity index (χ3n) is 4.28. The number of hydrogen-bond donors (Lipinski definition) is 3. The molecule has 4 heteroatoms. The summed E-state index contributed by atoms with van der Waals surface area (Å²) in [6.07, 6.45) is 2.19. The van der Waals surface area contributed by atoms with E-state index in [2.05, 4.69) is 10.3 Å². The summed E-state index contributed by atoms with van der Waals surface area (Å²) in [5.41, 5.74) is 4.12. The maximum absolute atomic E-state index is 12.2. The first-order valence-corrected chi connectivity index (χ1v) is 8.20. The number of rotatable bonds is 6. The number of nitrogens with one attached hydrogen (secondary N) is 2. The van der Waals surface area contributed by atoms with Crippen molar-refractivity contribution in [2.24, 2.45) is 0 Å². The third-order valence-corrected chi connectivity index (χ3v) is 4.28. The van der Waals surface area contributed by atoms with E-state index in [-0.39, 0.29) is 5.91 Å². The molecule has 4 nitrogen and oxygen atoms in total. The summed E-state index contributed by atoms with van der Waals surface area (Å²) in [7, 11) is 0. The molecule has 124 valence electrons. The minimum Gasteiger partial charge on any atom is -0.388 e. The second-order valence-corrected chi connectivity index (χ2v) is 6.05. The molecule has 1 atom stereocenters. The Kier molecular flexibility index (Phi) is 4.96. The zero-order valence-electron chi connectivity index (χ0n) is 13.8. The highest BCUT2D eigenvalue weighted by atomic mass is 16.3. The van der Waals surface area contributed by atoms with Gasteiger partial charge in [0.25, 0.3) is 0 Å². The molecule has 0 saturated carbocycles. The lowest BCUT2D eigenvalue weighted by molar-refractivity contribution is -0.120. The van der Waals surface area contributed by atoms with Crippen molar-refractivity contribution in [3.63, 3.8) is 0 Å². The van der Waals surface area contributed by atoms with Gasteiger partial charge in [0.2, 0.25) is 5.91 Å². The Bertz CT molecular complexity index is 824. The van der Waals surface area contributed by atoms with Crippen molar-refractivity contribution < 1.29 is 9.90 Å². The summed E-state index contributed by atoms with van der Waals surface area (Å²) in [6.45, 7) is 2.50. The number of benzene rings is 2. The summed E-state index contributed by atoms with van der Waals surface area (Å²) in [5, 5.41) is 14.1. The maximum Gasteiger partial charge on any atom is 0.224 e. The van der Waals surface area contributed by atoms with E-state index in [1.54, 1.807) is 0 Å². The lowest BCUT2D eigenvalue weighted by Crippen LogP contribution is -2.27. The lowest BCUT2D eigenvalue weighted by atomic mass is 10.1. The number of fused-ring (bicyclic) bond motifs is 1. The van der Waals surface area contributed by atoms with Crippen LogP contribution in [-0.2, 0) is 11.2 Å². The van der Waals surface area contributed by atoms with Gasteiger partial charge in [0, 0.05) is 23.6 Å². The van der Waals surface area contributed by atoms with Gasteiger partial charge in [-0.05, 0) is 30.0 Å². The van der Waals surface area contributed by atoms with Crippen LogP contribution in [0.3, 0.4) is 0 Å². The van der Waals surface area contributed by atoms with Gasteiger partial charge >= 0.3 is 0 Å². The van der Waals surface area contributed by atoms with Crippen LogP contribution in [0.1, 0.15) is 29.2 Å². The van der Waals surface area contributed by atoms with Crippen LogP contribution in [0.4, 0.5) is 0 Å². The number of aliphatic hydroxyl groups is 1. The molecule has 0 aliphatic carbocycles. The fourth-order valence-corrected chi connectivity index (χ4v) is 2.94. The number of aromatic nitrogens is 1. The Morgan fingerprint density at radius 3 is 2.75 bits per heavy atom. The van der Waals surface area contributed by atoms with Gasteiger partial charge in [-0.2, -0.15) is 0 Å². The number of carbonyl (C=O) groups excluding carboxylic acids is 1. The summed E-state index contributed by atoms with van der Waals surface area (Å²) in [5.74, 6) is -0.0299. The van der Waals surface area contributed by atoms with Crippen LogP contribution >= 0.6 is 0 Å². The lowest BCUT2D eigenvalue weighted by Gasteiger charge is -2.11. The van der Waals surface area contributed by atoms with E-state index in [9.17, 15) is 9.90 Å². The molecule has 1 aromatic heterocycles. The Labute approximate surface area is 141 Å². The second-order valence-electron chi connectivity index (χ2n) is 6.05. The number of carbonyl (C=O) groups is 1. The van der Waals surface area contributed by atoms with Gasteiger partial charge in [0.1, 0.15) is 0 Å². The van der Waals surface area contributed by atoms with Crippen LogP contribution in [0, 0.1) is 6.92 Å². The molecule has 1 heterocycles. The first kappa shape index (κ1) is 16.3. The number of aromatic amines is 1. The normalized spacial score (nSPS) is 12.2. The molecule has 0 radical (unpaired) electrons. The smallest absolute Gasteiger partial charge is 0.224 e. The van der Waals surface area contributed by atoms with Crippen molar-refractivity contribution in [2.75, 3.05) is 6.54 Å². The predicted molar refractivity (Wildman–Crippen MR) is 95.8 cm³/mol.